The van der Waals surface area contributed by atoms with Crippen molar-refractivity contribution in [1.82, 2.24) is 4.90 Å². The van der Waals surface area contributed by atoms with Gasteiger partial charge in [-0.05, 0) is 55.1 Å². The summed E-state index contributed by atoms with van der Waals surface area (Å²) in [6, 6.07) is 28.4. The molecule has 1 aliphatic carbocycles. The van der Waals surface area contributed by atoms with Crippen LogP contribution >= 0.6 is 0 Å². The maximum atomic E-state index is 6.20. The van der Waals surface area contributed by atoms with Crippen LogP contribution in [0.2, 0.25) is 0 Å². The molecule has 0 saturated carbocycles. The number of fused-ring (bicyclic) bond motifs is 2. The van der Waals surface area contributed by atoms with E-state index in [1.807, 2.05) is 12.1 Å². The van der Waals surface area contributed by atoms with Crippen molar-refractivity contribution in [2.75, 3.05) is 7.05 Å². The molecular formula is C26H25NO. The van der Waals surface area contributed by atoms with E-state index in [0.29, 0.717) is 6.04 Å². The molecule has 0 N–H and O–H groups in total. The molecule has 1 aliphatic rings. The molecule has 3 aromatic carbocycles. The zero-order valence-electron chi connectivity index (χ0n) is 16.3. The highest BCUT2D eigenvalue weighted by Gasteiger charge is 2.25. The van der Waals surface area contributed by atoms with Crippen LogP contribution in [-0.2, 0) is 19.4 Å². The quantitative estimate of drug-likeness (QED) is 0.434. The normalized spacial score (nSPS) is 16.4. The molecule has 2 heteroatoms. The van der Waals surface area contributed by atoms with Crippen molar-refractivity contribution in [1.29, 1.82) is 0 Å². The van der Waals surface area contributed by atoms with Crippen LogP contribution in [0.5, 0.6) is 0 Å². The first-order valence-corrected chi connectivity index (χ1v) is 10.1. The number of likely N-dealkylation sites (N-methyl/N-ethyl adjacent to an activating group) is 1. The van der Waals surface area contributed by atoms with Gasteiger partial charge in [0, 0.05) is 23.5 Å². The molecule has 1 heterocycles. The number of hydrogen-bond acceptors (Lipinski definition) is 2. The number of rotatable bonds is 4. The number of furan rings is 1. The van der Waals surface area contributed by atoms with Crippen molar-refractivity contribution >= 4 is 11.0 Å². The third-order valence-corrected chi connectivity index (χ3v) is 6.05. The predicted molar refractivity (Wildman–Crippen MR) is 115 cm³/mol. The Morgan fingerprint density at radius 1 is 0.929 bits per heavy atom. The van der Waals surface area contributed by atoms with E-state index in [2.05, 4.69) is 78.7 Å². The van der Waals surface area contributed by atoms with Crippen LogP contribution in [0.3, 0.4) is 0 Å². The number of aryl methyl sites for hydroxylation is 1. The highest BCUT2D eigenvalue weighted by molar-refractivity contribution is 5.83. The summed E-state index contributed by atoms with van der Waals surface area (Å²) in [5, 5.41) is 1.17. The van der Waals surface area contributed by atoms with E-state index in [1.54, 1.807) is 0 Å². The summed E-state index contributed by atoms with van der Waals surface area (Å²) in [5.41, 5.74) is 6.52. The summed E-state index contributed by atoms with van der Waals surface area (Å²) in [6.07, 6.45) is 3.42. The smallest absolute Gasteiger partial charge is 0.135 e. The second kappa shape index (κ2) is 7.29. The largest absolute Gasteiger partial charge is 0.456 e. The lowest BCUT2D eigenvalue weighted by atomic mass is 9.84. The van der Waals surface area contributed by atoms with Crippen LogP contribution in [0.25, 0.3) is 22.3 Å². The molecule has 0 bridgehead atoms. The lowest BCUT2D eigenvalue weighted by molar-refractivity contribution is 0.214. The molecule has 1 aromatic heterocycles. The second-order valence-corrected chi connectivity index (χ2v) is 7.89. The zero-order valence-corrected chi connectivity index (χ0v) is 16.3. The maximum Gasteiger partial charge on any atom is 0.135 e. The Balaban J connectivity index is 1.45. The highest BCUT2D eigenvalue weighted by Crippen LogP contribution is 2.35. The standard InChI is InChI=1S/C26H25NO/c1-27(18-19-8-3-2-4-9-19)22-15-14-20-11-7-12-23(24(20)17-22)26-16-21-10-5-6-13-25(21)28-26/h2-13,16,22H,14-15,17-18H2,1H3. The van der Waals surface area contributed by atoms with Crippen LogP contribution in [0, 0.1) is 0 Å². The van der Waals surface area contributed by atoms with Crippen LogP contribution in [-0.4, -0.2) is 18.0 Å². The number of para-hydroxylation sites is 1. The molecule has 0 spiro atoms. The average molecular weight is 367 g/mol. The monoisotopic (exact) mass is 367 g/mol. The van der Waals surface area contributed by atoms with Gasteiger partial charge in [0.2, 0.25) is 0 Å². The van der Waals surface area contributed by atoms with Crippen molar-refractivity contribution in [2.45, 2.75) is 31.8 Å². The van der Waals surface area contributed by atoms with Gasteiger partial charge in [-0.25, -0.2) is 0 Å². The molecule has 0 saturated heterocycles. The lowest BCUT2D eigenvalue weighted by Gasteiger charge is -2.33. The van der Waals surface area contributed by atoms with Crippen molar-refractivity contribution in [3.63, 3.8) is 0 Å². The van der Waals surface area contributed by atoms with Gasteiger partial charge in [-0.1, -0.05) is 66.7 Å². The molecule has 4 aromatic rings. The van der Waals surface area contributed by atoms with Gasteiger partial charge in [0.05, 0.1) is 0 Å². The number of benzene rings is 3. The van der Waals surface area contributed by atoms with E-state index >= 15 is 0 Å². The number of nitrogens with zero attached hydrogens (tertiary/aromatic N) is 1. The van der Waals surface area contributed by atoms with Crippen molar-refractivity contribution < 1.29 is 4.42 Å². The minimum absolute atomic E-state index is 0.554. The lowest BCUT2D eigenvalue weighted by Crippen LogP contribution is -2.36. The predicted octanol–water partition coefficient (Wildman–Crippen LogP) is 6.09. The summed E-state index contributed by atoms with van der Waals surface area (Å²) in [5.74, 6) is 0.990. The van der Waals surface area contributed by atoms with Crippen molar-refractivity contribution in [2.24, 2.45) is 0 Å². The van der Waals surface area contributed by atoms with Gasteiger partial charge < -0.3 is 4.42 Å². The van der Waals surface area contributed by atoms with Gasteiger partial charge in [0.15, 0.2) is 0 Å². The average Bonchev–Trinajstić information content (AvgIpc) is 3.17. The molecule has 1 atom stereocenters. The van der Waals surface area contributed by atoms with Crippen molar-refractivity contribution in [3.05, 3.63) is 95.6 Å². The maximum absolute atomic E-state index is 6.20. The fraction of sp³-hybridized carbons (Fsp3) is 0.231. The Labute approximate surface area is 166 Å². The molecule has 0 fully saturated rings. The van der Waals surface area contributed by atoms with E-state index < -0.39 is 0 Å². The highest BCUT2D eigenvalue weighted by atomic mass is 16.3. The first-order valence-electron chi connectivity index (χ1n) is 10.1. The Hall–Kier alpha value is -2.84. The Morgan fingerprint density at radius 2 is 1.75 bits per heavy atom. The third kappa shape index (κ3) is 3.25. The summed E-state index contributed by atoms with van der Waals surface area (Å²) < 4.78 is 6.20. The first-order chi connectivity index (χ1) is 13.8. The molecule has 140 valence electrons. The SMILES string of the molecule is CN(Cc1ccccc1)C1CCc2cccc(-c3cc4ccccc4o3)c2C1. The van der Waals surface area contributed by atoms with E-state index in [-0.39, 0.29) is 0 Å². The first kappa shape index (κ1) is 17.3. The minimum atomic E-state index is 0.554. The van der Waals surface area contributed by atoms with E-state index in [9.17, 15) is 0 Å². The molecule has 5 rings (SSSR count). The Kier molecular flexibility index (Phi) is 4.50. The molecule has 0 amide bonds. The van der Waals surface area contributed by atoms with Crippen LogP contribution < -0.4 is 0 Å². The topological polar surface area (TPSA) is 16.4 Å². The molecular weight excluding hydrogens is 342 g/mol. The van der Waals surface area contributed by atoms with Gasteiger partial charge in [-0.3, -0.25) is 4.90 Å². The van der Waals surface area contributed by atoms with E-state index in [4.69, 9.17) is 4.42 Å². The Bertz CT molecular complexity index is 1060. The fourth-order valence-electron chi connectivity index (χ4n) is 4.49. The molecule has 28 heavy (non-hydrogen) atoms. The van der Waals surface area contributed by atoms with Gasteiger partial charge in [-0.2, -0.15) is 0 Å². The van der Waals surface area contributed by atoms with Gasteiger partial charge in [0.1, 0.15) is 11.3 Å². The molecule has 0 aliphatic heterocycles. The second-order valence-electron chi connectivity index (χ2n) is 7.89. The Morgan fingerprint density at radius 3 is 2.61 bits per heavy atom. The summed E-state index contributed by atoms with van der Waals surface area (Å²) in [7, 11) is 2.26. The number of hydrogen-bond donors (Lipinski definition) is 0. The summed E-state index contributed by atoms with van der Waals surface area (Å²) in [6.45, 7) is 0.994. The third-order valence-electron chi connectivity index (χ3n) is 6.05. The van der Waals surface area contributed by atoms with Gasteiger partial charge in [-0.15, -0.1) is 0 Å². The van der Waals surface area contributed by atoms with Gasteiger partial charge in [0.25, 0.3) is 0 Å². The minimum Gasteiger partial charge on any atom is -0.456 e. The van der Waals surface area contributed by atoms with E-state index in [0.717, 1.165) is 30.7 Å². The van der Waals surface area contributed by atoms with Crippen LogP contribution in [0.15, 0.2) is 83.3 Å². The molecule has 2 nitrogen and oxygen atoms in total. The fourth-order valence-corrected chi connectivity index (χ4v) is 4.49. The molecule has 0 radical (unpaired) electrons. The van der Waals surface area contributed by atoms with Crippen molar-refractivity contribution in [3.8, 4) is 11.3 Å². The van der Waals surface area contributed by atoms with Crippen LogP contribution in [0.1, 0.15) is 23.1 Å². The zero-order chi connectivity index (χ0) is 18.9. The van der Waals surface area contributed by atoms with Crippen LogP contribution in [0.4, 0.5) is 0 Å². The molecule has 1 unspecified atom stereocenters. The summed E-state index contributed by atoms with van der Waals surface area (Å²) in [4.78, 5) is 2.51. The van der Waals surface area contributed by atoms with Gasteiger partial charge >= 0.3 is 0 Å². The van der Waals surface area contributed by atoms with E-state index in [1.165, 1.54) is 34.1 Å². The summed E-state index contributed by atoms with van der Waals surface area (Å²) >= 11 is 0.